The second-order valence-electron chi connectivity index (χ2n) is 8.88. The van der Waals surface area contributed by atoms with Gasteiger partial charge in [0.1, 0.15) is 11.5 Å². The first kappa shape index (κ1) is 22.0. The first-order valence-electron chi connectivity index (χ1n) is 11.8. The molecule has 2 atom stereocenters. The maximum atomic E-state index is 14.0. The fraction of sp³-hybridized carbons (Fsp3) is 0.172. The maximum Gasteiger partial charge on any atom is 0.294 e. The highest BCUT2D eigenvalue weighted by molar-refractivity contribution is 6.11. The van der Waals surface area contributed by atoms with Gasteiger partial charge in [-0.15, -0.1) is 0 Å². The van der Waals surface area contributed by atoms with E-state index in [1.165, 1.54) is 6.26 Å². The van der Waals surface area contributed by atoms with Gasteiger partial charge in [0.15, 0.2) is 11.5 Å². The summed E-state index contributed by atoms with van der Waals surface area (Å²) in [4.78, 5) is 29.6. The van der Waals surface area contributed by atoms with E-state index in [1.807, 2.05) is 60.7 Å². The van der Waals surface area contributed by atoms with Crippen molar-refractivity contribution in [3.8, 4) is 5.75 Å². The third-order valence-electron chi connectivity index (χ3n) is 6.82. The van der Waals surface area contributed by atoms with E-state index in [0.29, 0.717) is 23.4 Å². The Bertz CT molecular complexity index is 1450. The van der Waals surface area contributed by atoms with Crippen molar-refractivity contribution in [2.24, 2.45) is 0 Å². The standard InChI is InChI=1S/C29H24N2O5/c1-34-25-11-5-2-8-19(25)28-27-21(16-18(17-23(27)32)24-12-6-14-35-24)30-20-9-3-4-10-22(20)31(28)29(33)26-13-7-15-36-26/h2-15,18,28,30H,16-17H2,1H3/t18-,28-/m0/s1. The highest BCUT2D eigenvalue weighted by atomic mass is 16.5. The van der Waals surface area contributed by atoms with Gasteiger partial charge >= 0.3 is 0 Å². The Morgan fingerprint density at radius 2 is 1.72 bits per heavy atom. The van der Waals surface area contributed by atoms with Gasteiger partial charge in [0.05, 0.1) is 37.1 Å². The van der Waals surface area contributed by atoms with Gasteiger partial charge in [0, 0.05) is 29.2 Å². The van der Waals surface area contributed by atoms with E-state index < -0.39 is 6.04 Å². The van der Waals surface area contributed by atoms with Crippen molar-refractivity contribution in [3.05, 3.63) is 114 Å². The van der Waals surface area contributed by atoms with Crippen molar-refractivity contribution in [2.45, 2.75) is 24.8 Å². The molecule has 0 saturated carbocycles. The Balaban J connectivity index is 1.60. The van der Waals surface area contributed by atoms with Crippen LogP contribution in [0.25, 0.3) is 0 Å². The molecular weight excluding hydrogens is 456 g/mol. The number of hydrogen-bond acceptors (Lipinski definition) is 6. The Hall–Kier alpha value is -4.52. The topological polar surface area (TPSA) is 84.9 Å². The predicted octanol–water partition coefficient (Wildman–Crippen LogP) is 6.10. The molecule has 2 aromatic heterocycles. The molecule has 0 unspecified atom stereocenters. The van der Waals surface area contributed by atoms with Gasteiger partial charge in [-0.2, -0.15) is 0 Å². The van der Waals surface area contributed by atoms with Crippen LogP contribution in [0.3, 0.4) is 0 Å². The summed E-state index contributed by atoms with van der Waals surface area (Å²) in [6, 6.07) is 21.4. The highest BCUT2D eigenvalue weighted by Crippen LogP contribution is 2.49. The van der Waals surface area contributed by atoms with Crippen LogP contribution in [0.2, 0.25) is 0 Å². The molecule has 2 aliphatic rings. The van der Waals surface area contributed by atoms with E-state index in [9.17, 15) is 9.59 Å². The molecule has 36 heavy (non-hydrogen) atoms. The van der Waals surface area contributed by atoms with Crippen LogP contribution in [0.15, 0.2) is 105 Å². The number of para-hydroxylation sites is 3. The number of anilines is 2. The van der Waals surface area contributed by atoms with Gasteiger partial charge in [-0.1, -0.05) is 30.3 Å². The summed E-state index contributed by atoms with van der Waals surface area (Å²) < 4.78 is 16.9. The third kappa shape index (κ3) is 3.60. The Labute approximate surface area is 208 Å². The smallest absolute Gasteiger partial charge is 0.294 e. The van der Waals surface area contributed by atoms with Crippen LogP contribution in [0.1, 0.15) is 46.7 Å². The summed E-state index contributed by atoms with van der Waals surface area (Å²) in [5, 5.41) is 3.50. The number of carbonyl (C=O) groups excluding carboxylic acids is 2. The quantitative estimate of drug-likeness (QED) is 0.380. The third-order valence-corrected chi connectivity index (χ3v) is 6.82. The highest BCUT2D eigenvalue weighted by Gasteiger charge is 2.43. The van der Waals surface area contributed by atoms with E-state index >= 15 is 0 Å². The largest absolute Gasteiger partial charge is 0.496 e. The zero-order valence-electron chi connectivity index (χ0n) is 19.6. The van der Waals surface area contributed by atoms with E-state index in [4.69, 9.17) is 13.6 Å². The molecule has 1 amide bonds. The number of nitrogens with one attached hydrogen (secondary N) is 1. The molecule has 6 rings (SSSR count). The second-order valence-corrected chi connectivity index (χ2v) is 8.88. The zero-order valence-corrected chi connectivity index (χ0v) is 19.6. The normalized spacial score (nSPS) is 19.2. The Morgan fingerprint density at radius 1 is 0.944 bits per heavy atom. The van der Waals surface area contributed by atoms with Crippen LogP contribution in [-0.4, -0.2) is 18.8 Å². The number of hydrogen-bond donors (Lipinski definition) is 1. The molecule has 0 spiro atoms. The number of allylic oxidation sites excluding steroid dienone is 1. The van der Waals surface area contributed by atoms with E-state index in [2.05, 4.69) is 5.32 Å². The number of rotatable bonds is 4. The summed E-state index contributed by atoms with van der Waals surface area (Å²) >= 11 is 0. The number of amides is 1. The number of benzene rings is 2. The number of ketones is 1. The van der Waals surface area contributed by atoms with E-state index in [0.717, 1.165) is 22.7 Å². The monoisotopic (exact) mass is 480 g/mol. The summed E-state index contributed by atoms with van der Waals surface area (Å²) in [5.74, 6) is 1.05. The average Bonchev–Trinajstić information content (AvgIpc) is 3.61. The molecule has 2 aromatic carbocycles. The number of furan rings is 2. The van der Waals surface area contributed by atoms with Gasteiger partial charge in [-0.05, 0) is 48.9 Å². The van der Waals surface area contributed by atoms with E-state index in [1.54, 1.807) is 30.4 Å². The molecule has 0 fully saturated rings. The summed E-state index contributed by atoms with van der Waals surface area (Å²) in [6.45, 7) is 0. The van der Waals surface area contributed by atoms with Crippen molar-refractivity contribution < 1.29 is 23.2 Å². The van der Waals surface area contributed by atoms with Gasteiger partial charge in [0.2, 0.25) is 0 Å². The number of carbonyl (C=O) groups is 2. The molecule has 180 valence electrons. The molecule has 1 N–H and O–H groups in total. The van der Waals surface area contributed by atoms with Crippen molar-refractivity contribution in [1.82, 2.24) is 0 Å². The minimum atomic E-state index is -0.727. The molecule has 4 aromatic rings. The molecule has 1 aliphatic heterocycles. The lowest BCUT2D eigenvalue weighted by Crippen LogP contribution is -2.38. The lowest BCUT2D eigenvalue weighted by Gasteiger charge is -2.35. The van der Waals surface area contributed by atoms with Crippen LogP contribution < -0.4 is 15.0 Å². The second kappa shape index (κ2) is 8.92. The van der Waals surface area contributed by atoms with Crippen molar-refractivity contribution in [1.29, 1.82) is 0 Å². The fourth-order valence-corrected chi connectivity index (χ4v) is 5.24. The number of fused-ring (bicyclic) bond motifs is 1. The maximum absolute atomic E-state index is 14.0. The van der Waals surface area contributed by atoms with Gasteiger partial charge in [-0.25, -0.2) is 0 Å². The summed E-state index contributed by atoms with van der Waals surface area (Å²) in [7, 11) is 1.59. The Morgan fingerprint density at radius 3 is 2.50 bits per heavy atom. The fourth-order valence-electron chi connectivity index (χ4n) is 5.24. The number of nitrogens with zero attached hydrogens (tertiary/aromatic N) is 1. The predicted molar refractivity (Wildman–Crippen MR) is 134 cm³/mol. The van der Waals surface area contributed by atoms with Crippen LogP contribution in [0, 0.1) is 0 Å². The molecule has 0 radical (unpaired) electrons. The minimum Gasteiger partial charge on any atom is -0.496 e. The number of ether oxygens (including phenoxy) is 1. The van der Waals surface area contributed by atoms with Crippen LogP contribution in [0.5, 0.6) is 5.75 Å². The van der Waals surface area contributed by atoms with Crippen molar-refractivity contribution in [3.63, 3.8) is 0 Å². The van der Waals surface area contributed by atoms with Crippen molar-refractivity contribution >= 4 is 23.1 Å². The molecule has 3 heterocycles. The molecule has 0 bridgehead atoms. The minimum absolute atomic E-state index is 0.0499. The summed E-state index contributed by atoms with van der Waals surface area (Å²) in [6.07, 6.45) is 3.94. The first-order valence-corrected chi connectivity index (χ1v) is 11.8. The van der Waals surface area contributed by atoms with Gasteiger partial charge in [0.25, 0.3) is 5.91 Å². The average molecular weight is 481 g/mol. The number of Topliss-reactive ketones (excluding diaryl/α,β-unsaturated/α-hetero) is 1. The first-order chi connectivity index (χ1) is 17.7. The summed E-state index contributed by atoms with van der Waals surface area (Å²) in [5.41, 5.74) is 3.40. The molecule has 0 saturated heterocycles. The number of methoxy groups -OCH3 is 1. The Kier molecular flexibility index (Phi) is 5.45. The molecular formula is C29H24N2O5. The van der Waals surface area contributed by atoms with Crippen LogP contribution >= 0.6 is 0 Å². The zero-order chi connectivity index (χ0) is 24.6. The van der Waals surface area contributed by atoms with E-state index in [-0.39, 0.29) is 29.8 Å². The lowest BCUT2D eigenvalue weighted by atomic mass is 9.79. The van der Waals surface area contributed by atoms with Crippen molar-refractivity contribution in [2.75, 3.05) is 17.3 Å². The van der Waals surface area contributed by atoms with Crippen LogP contribution in [0.4, 0.5) is 11.4 Å². The van der Waals surface area contributed by atoms with Crippen LogP contribution in [-0.2, 0) is 4.79 Å². The molecule has 7 nitrogen and oxygen atoms in total. The molecule has 7 heteroatoms. The SMILES string of the molecule is COc1ccccc1[C@H]1C2=C(C[C@H](c3ccco3)CC2=O)Nc2ccccc2N1C(=O)c1ccco1. The van der Waals surface area contributed by atoms with Gasteiger partial charge in [-0.3, -0.25) is 14.5 Å². The molecule has 1 aliphatic carbocycles. The lowest BCUT2D eigenvalue weighted by molar-refractivity contribution is -0.116. The van der Waals surface area contributed by atoms with Gasteiger partial charge < -0.3 is 18.9 Å².